The first-order valence-corrected chi connectivity index (χ1v) is 6.16. The van der Waals surface area contributed by atoms with Gasteiger partial charge in [-0.15, -0.1) is 0 Å². The summed E-state index contributed by atoms with van der Waals surface area (Å²) in [6.45, 7) is 1.47. The minimum absolute atomic E-state index is 0.0444. The molecule has 0 radical (unpaired) electrons. The molecule has 1 saturated carbocycles. The molecular weight excluding hydrogens is 234 g/mol. The predicted molar refractivity (Wildman–Crippen MR) is 64.4 cm³/mol. The van der Waals surface area contributed by atoms with E-state index in [1.165, 1.54) is 11.2 Å². The number of carbonyl (C=O) groups is 2. The summed E-state index contributed by atoms with van der Waals surface area (Å²) in [5.41, 5.74) is 0.461. The summed E-state index contributed by atoms with van der Waals surface area (Å²) in [6, 6.07) is 1.64. The van der Waals surface area contributed by atoms with Crippen LogP contribution < -0.4 is 0 Å². The Bertz CT molecular complexity index is 446. The van der Waals surface area contributed by atoms with Gasteiger partial charge in [0.2, 0.25) is 0 Å². The summed E-state index contributed by atoms with van der Waals surface area (Å²) in [7, 11) is 0. The summed E-state index contributed by atoms with van der Waals surface area (Å²) >= 11 is 0. The first-order chi connectivity index (χ1) is 8.59. The van der Waals surface area contributed by atoms with Crippen molar-refractivity contribution in [3.63, 3.8) is 0 Å². The normalized spacial score (nSPS) is 15.8. The molecule has 2 rings (SSSR count). The average Bonchev–Trinajstić information content (AvgIpc) is 2.95. The first kappa shape index (κ1) is 12.7. The number of furan rings is 1. The van der Waals surface area contributed by atoms with Gasteiger partial charge in [0.05, 0.1) is 11.8 Å². The standard InChI is InChI=1S/C13H17NO4/c1-9-11(6-7-18-9)13(17)14(8-12(15)16)10-4-2-3-5-10/h6-7,10H,2-5,8H2,1H3,(H,15,16). The lowest BCUT2D eigenvalue weighted by Crippen LogP contribution is -2.42. The maximum Gasteiger partial charge on any atom is 0.323 e. The minimum Gasteiger partial charge on any atom is -0.480 e. The van der Waals surface area contributed by atoms with E-state index < -0.39 is 5.97 Å². The molecule has 18 heavy (non-hydrogen) atoms. The van der Waals surface area contributed by atoms with Crippen molar-refractivity contribution >= 4 is 11.9 Å². The zero-order chi connectivity index (χ0) is 13.1. The molecular formula is C13H17NO4. The van der Waals surface area contributed by atoms with Crippen molar-refractivity contribution in [3.05, 3.63) is 23.7 Å². The second-order valence-corrected chi connectivity index (χ2v) is 4.66. The van der Waals surface area contributed by atoms with Gasteiger partial charge in [-0.05, 0) is 25.8 Å². The number of aliphatic carboxylic acids is 1. The van der Waals surface area contributed by atoms with Gasteiger partial charge in [0, 0.05) is 6.04 Å². The number of carboxylic acids is 1. The minimum atomic E-state index is -0.976. The van der Waals surface area contributed by atoms with Crippen LogP contribution in [-0.4, -0.2) is 34.5 Å². The van der Waals surface area contributed by atoms with E-state index in [-0.39, 0.29) is 18.5 Å². The van der Waals surface area contributed by atoms with Crippen LogP contribution in [-0.2, 0) is 4.79 Å². The summed E-state index contributed by atoms with van der Waals surface area (Å²) < 4.78 is 5.11. The van der Waals surface area contributed by atoms with Gasteiger partial charge in [0.1, 0.15) is 12.3 Å². The van der Waals surface area contributed by atoms with E-state index in [9.17, 15) is 9.59 Å². The third-order valence-electron chi connectivity index (χ3n) is 3.42. The van der Waals surface area contributed by atoms with Gasteiger partial charge in [-0.2, -0.15) is 0 Å². The Balaban J connectivity index is 2.20. The number of carbonyl (C=O) groups excluding carboxylic acids is 1. The van der Waals surface area contributed by atoms with Crippen LogP contribution in [0.2, 0.25) is 0 Å². The Kier molecular flexibility index (Phi) is 3.69. The largest absolute Gasteiger partial charge is 0.480 e. The number of hydrogen-bond acceptors (Lipinski definition) is 3. The molecule has 1 aliphatic carbocycles. The first-order valence-electron chi connectivity index (χ1n) is 6.16. The Morgan fingerprint density at radius 2 is 2.11 bits per heavy atom. The van der Waals surface area contributed by atoms with Gasteiger partial charge < -0.3 is 14.4 Å². The molecule has 1 amide bonds. The zero-order valence-corrected chi connectivity index (χ0v) is 10.4. The van der Waals surface area contributed by atoms with E-state index >= 15 is 0 Å². The lowest BCUT2D eigenvalue weighted by Gasteiger charge is -2.27. The van der Waals surface area contributed by atoms with E-state index in [1.54, 1.807) is 13.0 Å². The molecule has 1 heterocycles. The van der Waals surface area contributed by atoms with E-state index in [0.717, 1.165) is 25.7 Å². The quantitative estimate of drug-likeness (QED) is 0.889. The molecule has 98 valence electrons. The molecule has 0 spiro atoms. The molecule has 0 saturated heterocycles. The molecule has 5 heteroatoms. The average molecular weight is 251 g/mol. The third-order valence-corrected chi connectivity index (χ3v) is 3.42. The van der Waals surface area contributed by atoms with Crippen LogP contribution in [0, 0.1) is 6.92 Å². The molecule has 5 nitrogen and oxygen atoms in total. The van der Waals surface area contributed by atoms with Gasteiger partial charge >= 0.3 is 5.97 Å². The SMILES string of the molecule is Cc1occc1C(=O)N(CC(=O)O)C1CCCC1. The Morgan fingerprint density at radius 1 is 1.44 bits per heavy atom. The van der Waals surface area contributed by atoms with Gasteiger partial charge in [-0.1, -0.05) is 12.8 Å². The van der Waals surface area contributed by atoms with Crippen LogP contribution in [0.3, 0.4) is 0 Å². The molecule has 0 atom stereocenters. The van der Waals surface area contributed by atoms with Crippen molar-refractivity contribution in [2.75, 3.05) is 6.54 Å². The second kappa shape index (κ2) is 5.25. The van der Waals surface area contributed by atoms with Crippen molar-refractivity contribution in [3.8, 4) is 0 Å². The smallest absolute Gasteiger partial charge is 0.323 e. The number of nitrogens with zero attached hydrogens (tertiary/aromatic N) is 1. The summed E-state index contributed by atoms with van der Waals surface area (Å²) in [6.07, 6.45) is 5.33. The maximum absolute atomic E-state index is 12.4. The molecule has 1 aliphatic rings. The predicted octanol–water partition coefficient (Wildman–Crippen LogP) is 2.06. The maximum atomic E-state index is 12.4. The van der Waals surface area contributed by atoms with Gasteiger partial charge in [0.15, 0.2) is 0 Å². The van der Waals surface area contributed by atoms with Crippen LogP contribution in [0.25, 0.3) is 0 Å². The summed E-state index contributed by atoms with van der Waals surface area (Å²) in [5.74, 6) is -0.680. The lowest BCUT2D eigenvalue weighted by atomic mass is 10.1. The lowest BCUT2D eigenvalue weighted by molar-refractivity contribution is -0.138. The Morgan fingerprint density at radius 3 is 2.61 bits per heavy atom. The molecule has 1 aromatic heterocycles. The fraction of sp³-hybridized carbons (Fsp3) is 0.538. The van der Waals surface area contributed by atoms with Gasteiger partial charge in [-0.3, -0.25) is 9.59 Å². The molecule has 1 aromatic rings. The second-order valence-electron chi connectivity index (χ2n) is 4.66. The molecule has 1 fully saturated rings. The third kappa shape index (κ3) is 2.55. The van der Waals surface area contributed by atoms with E-state index in [0.29, 0.717) is 11.3 Å². The van der Waals surface area contributed by atoms with Crippen molar-refractivity contribution in [2.24, 2.45) is 0 Å². The Labute approximate surface area is 105 Å². The molecule has 0 bridgehead atoms. The van der Waals surface area contributed by atoms with E-state index in [1.807, 2.05) is 0 Å². The van der Waals surface area contributed by atoms with Crippen LogP contribution in [0.4, 0.5) is 0 Å². The fourth-order valence-corrected chi connectivity index (χ4v) is 2.49. The van der Waals surface area contributed by atoms with E-state index in [4.69, 9.17) is 9.52 Å². The topological polar surface area (TPSA) is 70.8 Å². The van der Waals surface area contributed by atoms with Crippen molar-refractivity contribution in [1.29, 1.82) is 0 Å². The van der Waals surface area contributed by atoms with Crippen molar-refractivity contribution in [2.45, 2.75) is 38.6 Å². The van der Waals surface area contributed by atoms with Crippen LogP contribution in [0.15, 0.2) is 16.7 Å². The number of hydrogen-bond donors (Lipinski definition) is 1. The Hall–Kier alpha value is -1.78. The highest BCUT2D eigenvalue weighted by molar-refractivity contribution is 5.96. The molecule has 0 aliphatic heterocycles. The molecule has 0 aromatic carbocycles. The van der Waals surface area contributed by atoms with Crippen molar-refractivity contribution < 1.29 is 19.1 Å². The molecule has 1 N–H and O–H groups in total. The highest BCUT2D eigenvalue weighted by Crippen LogP contribution is 2.25. The summed E-state index contributed by atoms with van der Waals surface area (Å²) in [4.78, 5) is 24.7. The number of rotatable bonds is 4. The zero-order valence-electron chi connectivity index (χ0n) is 10.4. The highest BCUT2D eigenvalue weighted by Gasteiger charge is 2.30. The summed E-state index contributed by atoms with van der Waals surface area (Å²) in [5, 5.41) is 8.94. The number of aryl methyl sites for hydroxylation is 1. The van der Waals surface area contributed by atoms with Crippen LogP contribution in [0.5, 0.6) is 0 Å². The van der Waals surface area contributed by atoms with Crippen molar-refractivity contribution in [1.82, 2.24) is 4.90 Å². The number of amides is 1. The monoisotopic (exact) mass is 251 g/mol. The van der Waals surface area contributed by atoms with Crippen LogP contribution in [0.1, 0.15) is 41.8 Å². The highest BCUT2D eigenvalue weighted by atomic mass is 16.4. The number of carboxylic acid groups (broad SMARTS) is 1. The van der Waals surface area contributed by atoms with E-state index in [2.05, 4.69) is 0 Å². The molecule has 0 unspecified atom stereocenters. The van der Waals surface area contributed by atoms with Gasteiger partial charge in [0.25, 0.3) is 5.91 Å². The fourth-order valence-electron chi connectivity index (χ4n) is 2.49. The van der Waals surface area contributed by atoms with Crippen LogP contribution >= 0.6 is 0 Å². The van der Waals surface area contributed by atoms with Gasteiger partial charge in [-0.25, -0.2) is 0 Å².